The summed E-state index contributed by atoms with van der Waals surface area (Å²) >= 11 is 5.99. The van der Waals surface area contributed by atoms with Crippen molar-refractivity contribution >= 4 is 23.5 Å². The molecule has 1 atom stereocenters. The minimum atomic E-state index is -0.509. The van der Waals surface area contributed by atoms with Gasteiger partial charge in [-0.05, 0) is 48.9 Å². The monoisotopic (exact) mass is 416 g/mol. The Kier molecular flexibility index (Phi) is 7.12. The normalized spacial score (nSPS) is 15.6. The third-order valence-corrected chi connectivity index (χ3v) is 5.25. The van der Waals surface area contributed by atoms with Crippen LogP contribution < -0.4 is 4.74 Å². The van der Waals surface area contributed by atoms with Crippen LogP contribution in [0.5, 0.6) is 5.75 Å². The predicted octanol–water partition coefficient (Wildman–Crippen LogP) is 3.41. The van der Waals surface area contributed by atoms with Crippen molar-refractivity contribution in [2.24, 2.45) is 0 Å². The van der Waals surface area contributed by atoms with Crippen molar-refractivity contribution in [1.82, 2.24) is 9.80 Å². The molecule has 0 radical (unpaired) electrons. The van der Waals surface area contributed by atoms with Crippen LogP contribution in [0.4, 0.5) is 0 Å². The number of rotatable bonds is 6. The van der Waals surface area contributed by atoms with Crippen molar-refractivity contribution in [2.75, 3.05) is 39.9 Å². The van der Waals surface area contributed by atoms with Gasteiger partial charge in [0, 0.05) is 36.8 Å². The lowest BCUT2D eigenvalue weighted by atomic mass is 10.0. The quantitative estimate of drug-likeness (QED) is 0.675. The predicted molar refractivity (Wildman–Crippen MR) is 111 cm³/mol. The minimum absolute atomic E-state index is 0.0218. The number of hydrogen-bond acceptors (Lipinski definition) is 5. The molecule has 0 N–H and O–H groups in total. The summed E-state index contributed by atoms with van der Waals surface area (Å²) in [5, 5.41) is 0.617. The van der Waals surface area contributed by atoms with Crippen molar-refractivity contribution < 1.29 is 19.1 Å². The third kappa shape index (κ3) is 5.08. The van der Waals surface area contributed by atoms with Gasteiger partial charge in [0.05, 0.1) is 13.7 Å². The van der Waals surface area contributed by atoms with Crippen LogP contribution in [0.1, 0.15) is 28.9 Å². The van der Waals surface area contributed by atoms with E-state index in [2.05, 4.69) is 4.90 Å². The zero-order valence-electron chi connectivity index (χ0n) is 16.6. The number of amides is 1. The van der Waals surface area contributed by atoms with Gasteiger partial charge < -0.3 is 14.4 Å². The second-order valence-electron chi connectivity index (χ2n) is 6.76. The SMILES string of the molecule is CCOC(=O)C(c1ccc(Cl)cc1)N1CCN(C(=O)c2ccc(OC)cc2)CC1. The van der Waals surface area contributed by atoms with E-state index in [9.17, 15) is 9.59 Å². The average molecular weight is 417 g/mol. The molecular weight excluding hydrogens is 392 g/mol. The summed E-state index contributed by atoms with van der Waals surface area (Å²) in [4.78, 5) is 29.3. The maximum absolute atomic E-state index is 12.8. The summed E-state index contributed by atoms with van der Waals surface area (Å²) in [6.45, 7) is 4.34. The van der Waals surface area contributed by atoms with Crippen LogP contribution in [0, 0.1) is 0 Å². The van der Waals surface area contributed by atoms with E-state index in [0.29, 0.717) is 49.1 Å². The minimum Gasteiger partial charge on any atom is -0.497 e. The molecule has 0 saturated carbocycles. The van der Waals surface area contributed by atoms with E-state index in [1.54, 1.807) is 50.4 Å². The first-order chi connectivity index (χ1) is 14.0. The van der Waals surface area contributed by atoms with Crippen LogP contribution >= 0.6 is 11.6 Å². The van der Waals surface area contributed by atoms with Gasteiger partial charge in [0.2, 0.25) is 0 Å². The topological polar surface area (TPSA) is 59.1 Å². The largest absolute Gasteiger partial charge is 0.497 e. The Hall–Kier alpha value is -2.57. The standard InChI is InChI=1S/C22H25ClN2O4/c1-3-29-22(27)20(16-4-8-18(23)9-5-16)24-12-14-25(15-13-24)21(26)17-6-10-19(28-2)11-7-17/h4-11,20H,3,12-15H2,1-2H3. The van der Waals surface area contributed by atoms with E-state index in [0.717, 1.165) is 5.56 Å². The summed E-state index contributed by atoms with van der Waals surface area (Å²) < 4.78 is 10.4. The lowest BCUT2D eigenvalue weighted by molar-refractivity contribution is -0.150. The van der Waals surface area contributed by atoms with Crippen LogP contribution in [0.25, 0.3) is 0 Å². The molecule has 6 nitrogen and oxygen atoms in total. The van der Waals surface area contributed by atoms with Crippen molar-refractivity contribution in [1.29, 1.82) is 0 Å². The number of halogens is 1. The summed E-state index contributed by atoms with van der Waals surface area (Å²) in [6, 6.07) is 13.8. The highest BCUT2D eigenvalue weighted by Gasteiger charge is 2.32. The number of ether oxygens (including phenoxy) is 2. The van der Waals surface area contributed by atoms with Gasteiger partial charge in [0.25, 0.3) is 5.91 Å². The molecular formula is C22H25ClN2O4. The number of carbonyl (C=O) groups is 2. The molecule has 154 valence electrons. The molecule has 29 heavy (non-hydrogen) atoms. The Morgan fingerprint density at radius 1 is 1.00 bits per heavy atom. The van der Waals surface area contributed by atoms with Gasteiger partial charge in [-0.25, -0.2) is 4.79 Å². The maximum atomic E-state index is 12.8. The molecule has 0 bridgehead atoms. The first-order valence-corrected chi connectivity index (χ1v) is 10.0. The molecule has 0 aromatic heterocycles. The highest BCUT2D eigenvalue weighted by molar-refractivity contribution is 6.30. The Morgan fingerprint density at radius 3 is 2.17 bits per heavy atom. The van der Waals surface area contributed by atoms with E-state index < -0.39 is 6.04 Å². The fraction of sp³-hybridized carbons (Fsp3) is 0.364. The van der Waals surface area contributed by atoms with Gasteiger partial charge in [0.1, 0.15) is 11.8 Å². The van der Waals surface area contributed by atoms with Crippen molar-refractivity contribution in [3.05, 3.63) is 64.7 Å². The molecule has 3 rings (SSSR count). The van der Waals surface area contributed by atoms with Crippen molar-refractivity contribution in [3.63, 3.8) is 0 Å². The van der Waals surface area contributed by atoms with Crippen LogP contribution in [-0.4, -0.2) is 61.6 Å². The van der Waals surface area contributed by atoms with Crippen molar-refractivity contribution in [3.8, 4) is 5.75 Å². The summed E-state index contributed by atoms with van der Waals surface area (Å²) in [5.41, 5.74) is 1.46. The second-order valence-corrected chi connectivity index (χ2v) is 7.20. The molecule has 1 aliphatic heterocycles. The Morgan fingerprint density at radius 2 is 1.62 bits per heavy atom. The van der Waals surface area contributed by atoms with E-state index in [1.165, 1.54) is 0 Å². The van der Waals surface area contributed by atoms with E-state index in [-0.39, 0.29) is 11.9 Å². The molecule has 1 heterocycles. The first kappa shape index (κ1) is 21.1. The number of nitrogens with zero attached hydrogens (tertiary/aromatic N) is 2. The van der Waals surface area contributed by atoms with E-state index in [1.807, 2.05) is 17.0 Å². The summed E-state index contributed by atoms with van der Waals surface area (Å²) in [6.07, 6.45) is 0. The van der Waals surface area contributed by atoms with E-state index >= 15 is 0 Å². The number of benzene rings is 2. The number of esters is 1. The van der Waals surface area contributed by atoms with Gasteiger partial charge in [-0.2, -0.15) is 0 Å². The first-order valence-electron chi connectivity index (χ1n) is 9.63. The zero-order chi connectivity index (χ0) is 20.8. The lowest BCUT2D eigenvalue weighted by Gasteiger charge is -2.38. The molecule has 7 heteroatoms. The Balaban J connectivity index is 1.69. The van der Waals surface area contributed by atoms with Gasteiger partial charge in [-0.15, -0.1) is 0 Å². The highest BCUT2D eigenvalue weighted by Crippen LogP contribution is 2.26. The van der Waals surface area contributed by atoms with Gasteiger partial charge in [-0.1, -0.05) is 23.7 Å². The van der Waals surface area contributed by atoms with Crippen LogP contribution in [-0.2, 0) is 9.53 Å². The second kappa shape index (κ2) is 9.76. The molecule has 1 fully saturated rings. The van der Waals surface area contributed by atoms with E-state index in [4.69, 9.17) is 21.1 Å². The molecule has 1 amide bonds. The van der Waals surface area contributed by atoms with Gasteiger partial charge in [0.15, 0.2) is 0 Å². The number of hydrogen-bond donors (Lipinski definition) is 0. The zero-order valence-corrected chi connectivity index (χ0v) is 17.4. The molecule has 2 aromatic carbocycles. The fourth-order valence-electron chi connectivity index (χ4n) is 3.46. The molecule has 0 aliphatic carbocycles. The average Bonchev–Trinajstić information content (AvgIpc) is 2.75. The molecule has 1 saturated heterocycles. The molecule has 1 unspecified atom stereocenters. The lowest BCUT2D eigenvalue weighted by Crippen LogP contribution is -2.51. The van der Waals surface area contributed by atoms with Gasteiger partial charge >= 0.3 is 5.97 Å². The van der Waals surface area contributed by atoms with Crippen LogP contribution in [0.2, 0.25) is 5.02 Å². The summed E-state index contributed by atoms with van der Waals surface area (Å²) in [5.74, 6) is 0.405. The Bertz CT molecular complexity index is 831. The molecule has 1 aliphatic rings. The van der Waals surface area contributed by atoms with Crippen molar-refractivity contribution in [2.45, 2.75) is 13.0 Å². The Labute approximate surface area is 176 Å². The maximum Gasteiger partial charge on any atom is 0.328 e. The number of piperazine rings is 1. The number of methoxy groups -OCH3 is 1. The third-order valence-electron chi connectivity index (χ3n) is 5.00. The fourth-order valence-corrected chi connectivity index (χ4v) is 3.59. The number of carbonyl (C=O) groups excluding carboxylic acids is 2. The smallest absolute Gasteiger partial charge is 0.328 e. The van der Waals surface area contributed by atoms with Gasteiger partial charge in [-0.3, -0.25) is 9.69 Å². The summed E-state index contributed by atoms with van der Waals surface area (Å²) in [7, 11) is 1.59. The molecule has 2 aromatic rings. The van der Waals surface area contributed by atoms with Crippen LogP contribution in [0.15, 0.2) is 48.5 Å². The highest BCUT2D eigenvalue weighted by atomic mass is 35.5. The molecule has 0 spiro atoms. The van der Waals surface area contributed by atoms with Crippen LogP contribution in [0.3, 0.4) is 0 Å².